The van der Waals surface area contributed by atoms with Crippen LogP contribution in [0.15, 0.2) is 0 Å². The van der Waals surface area contributed by atoms with E-state index in [0.717, 1.165) is 26.2 Å². The van der Waals surface area contributed by atoms with E-state index in [1.165, 1.54) is 4.90 Å². The maximum Gasteiger partial charge on any atom is 0.326 e. The van der Waals surface area contributed by atoms with Crippen LogP contribution in [0.5, 0.6) is 0 Å². The van der Waals surface area contributed by atoms with Crippen molar-refractivity contribution in [2.45, 2.75) is 38.0 Å². The molecule has 20 heavy (non-hydrogen) atoms. The summed E-state index contributed by atoms with van der Waals surface area (Å²) in [5.41, 5.74) is -0.750. The third-order valence-corrected chi connectivity index (χ3v) is 4.26. The summed E-state index contributed by atoms with van der Waals surface area (Å²) in [4.78, 5) is 27.3. The van der Waals surface area contributed by atoms with Gasteiger partial charge in [-0.05, 0) is 13.8 Å². The van der Waals surface area contributed by atoms with Crippen LogP contribution in [-0.4, -0.2) is 82.3 Å². The lowest BCUT2D eigenvalue weighted by molar-refractivity contribution is -0.153. The number of carboxylic acids is 1. The number of aliphatic hydroxyl groups excluding tert-OH is 1. The first-order valence-corrected chi connectivity index (χ1v) is 7.01. The van der Waals surface area contributed by atoms with E-state index in [0.29, 0.717) is 0 Å². The Morgan fingerprint density at radius 3 is 2.40 bits per heavy atom. The lowest BCUT2D eigenvalue weighted by atomic mass is 9.99. The molecular formula is C13H23N3O4. The first kappa shape index (κ1) is 15.2. The van der Waals surface area contributed by atoms with Gasteiger partial charge in [-0.1, -0.05) is 0 Å². The Balaban J connectivity index is 2.14. The van der Waals surface area contributed by atoms with E-state index < -0.39 is 23.7 Å². The maximum atomic E-state index is 12.7. The van der Waals surface area contributed by atoms with E-state index in [1.807, 2.05) is 13.8 Å². The molecule has 0 bridgehead atoms. The highest BCUT2D eigenvalue weighted by molar-refractivity contribution is 5.90. The third kappa shape index (κ3) is 2.79. The lowest BCUT2D eigenvalue weighted by Crippen LogP contribution is -2.61. The van der Waals surface area contributed by atoms with E-state index in [9.17, 15) is 19.8 Å². The van der Waals surface area contributed by atoms with Crippen LogP contribution in [0.4, 0.5) is 0 Å². The van der Waals surface area contributed by atoms with Crippen LogP contribution in [0.3, 0.4) is 0 Å². The number of aliphatic hydroxyl groups is 1. The molecule has 0 unspecified atom stereocenters. The second kappa shape index (κ2) is 5.67. The van der Waals surface area contributed by atoms with E-state index in [4.69, 9.17) is 0 Å². The third-order valence-electron chi connectivity index (χ3n) is 4.26. The van der Waals surface area contributed by atoms with Crippen molar-refractivity contribution in [3.05, 3.63) is 0 Å². The Labute approximate surface area is 118 Å². The van der Waals surface area contributed by atoms with Gasteiger partial charge in [-0.3, -0.25) is 9.69 Å². The average Bonchev–Trinajstić information content (AvgIpc) is 2.81. The van der Waals surface area contributed by atoms with Crippen LogP contribution in [0, 0.1) is 0 Å². The molecule has 2 rings (SSSR count). The molecule has 0 saturated carbocycles. The number of hydrogen-bond donors (Lipinski definition) is 3. The first-order chi connectivity index (χ1) is 9.34. The zero-order chi connectivity index (χ0) is 14.9. The molecule has 0 spiro atoms. The van der Waals surface area contributed by atoms with Crippen molar-refractivity contribution in [3.8, 4) is 0 Å². The molecule has 2 saturated heterocycles. The van der Waals surface area contributed by atoms with Gasteiger partial charge in [0.1, 0.15) is 6.04 Å². The Hall–Kier alpha value is -1.18. The van der Waals surface area contributed by atoms with Gasteiger partial charge >= 0.3 is 5.97 Å². The Morgan fingerprint density at radius 2 is 1.85 bits per heavy atom. The number of nitrogens with zero attached hydrogens (tertiary/aromatic N) is 2. The van der Waals surface area contributed by atoms with Gasteiger partial charge in [-0.15, -0.1) is 0 Å². The minimum atomic E-state index is -1.05. The number of likely N-dealkylation sites (tertiary alicyclic amines) is 1. The molecule has 0 radical (unpaired) electrons. The SMILES string of the molecule is CC(C)(C(=O)N1C[C@H](O)C[C@@H]1C(=O)O)N1CCNCC1. The fourth-order valence-corrected chi connectivity index (χ4v) is 2.98. The predicted octanol–water partition coefficient (Wildman–Crippen LogP) is -1.28. The number of amides is 1. The Bertz CT molecular complexity index is 393. The van der Waals surface area contributed by atoms with Crippen molar-refractivity contribution in [2.24, 2.45) is 0 Å². The second-order valence-electron chi connectivity index (χ2n) is 6.00. The molecule has 0 aromatic heterocycles. The molecule has 114 valence electrons. The summed E-state index contributed by atoms with van der Waals surface area (Å²) in [7, 11) is 0. The molecule has 2 fully saturated rings. The second-order valence-corrected chi connectivity index (χ2v) is 6.00. The Kier molecular flexibility index (Phi) is 4.31. The van der Waals surface area contributed by atoms with Gasteiger partial charge in [0, 0.05) is 39.1 Å². The highest BCUT2D eigenvalue weighted by Crippen LogP contribution is 2.25. The normalized spacial score (nSPS) is 28.6. The number of hydrogen-bond acceptors (Lipinski definition) is 5. The molecule has 2 heterocycles. The molecule has 0 aromatic rings. The standard InChI is InChI=1S/C13H23N3O4/c1-13(2,15-5-3-14-4-6-15)12(20)16-8-9(17)7-10(16)11(18)19/h9-10,14,17H,3-8H2,1-2H3,(H,18,19)/t9-,10-/m1/s1. The lowest BCUT2D eigenvalue weighted by Gasteiger charge is -2.42. The van der Waals surface area contributed by atoms with Gasteiger partial charge in [0.05, 0.1) is 11.6 Å². The van der Waals surface area contributed by atoms with Crippen LogP contribution in [0.1, 0.15) is 20.3 Å². The van der Waals surface area contributed by atoms with Crippen LogP contribution in [0.25, 0.3) is 0 Å². The number of nitrogens with one attached hydrogen (secondary N) is 1. The van der Waals surface area contributed by atoms with Gasteiger partial charge in [-0.2, -0.15) is 0 Å². The fraction of sp³-hybridized carbons (Fsp3) is 0.846. The summed E-state index contributed by atoms with van der Waals surface area (Å²) in [5, 5.41) is 22.1. The number of piperazine rings is 1. The molecule has 3 N–H and O–H groups in total. The highest BCUT2D eigenvalue weighted by Gasteiger charge is 2.46. The molecule has 7 nitrogen and oxygen atoms in total. The average molecular weight is 285 g/mol. The molecule has 7 heteroatoms. The molecule has 0 aliphatic carbocycles. The minimum Gasteiger partial charge on any atom is -0.480 e. The Morgan fingerprint density at radius 1 is 1.25 bits per heavy atom. The summed E-state index contributed by atoms with van der Waals surface area (Å²) in [6.07, 6.45) is -0.641. The zero-order valence-corrected chi connectivity index (χ0v) is 12.0. The van der Waals surface area contributed by atoms with E-state index in [-0.39, 0.29) is 18.9 Å². The topological polar surface area (TPSA) is 93.1 Å². The van der Waals surface area contributed by atoms with Crippen molar-refractivity contribution in [1.82, 2.24) is 15.1 Å². The number of carbonyl (C=O) groups is 2. The summed E-state index contributed by atoms with van der Waals surface area (Å²) in [6.45, 7) is 6.91. The smallest absolute Gasteiger partial charge is 0.326 e. The van der Waals surface area contributed by atoms with Gasteiger partial charge in [0.15, 0.2) is 0 Å². The molecule has 2 aliphatic heterocycles. The van der Waals surface area contributed by atoms with Crippen molar-refractivity contribution < 1.29 is 19.8 Å². The molecular weight excluding hydrogens is 262 g/mol. The highest BCUT2D eigenvalue weighted by atomic mass is 16.4. The molecule has 2 atom stereocenters. The summed E-state index contributed by atoms with van der Waals surface area (Å²) >= 11 is 0. The zero-order valence-electron chi connectivity index (χ0n) is 12.0. The van der Waals surface area contributed by atoms with E-state index in [2.05, 4.69) is 10.2 Å². The monoisotopic (exact) mass is 285 g/mol. The maximum absolute atomic E-state index is 12.7. The predicted molar refractivity (Wildman–Crippen MR) is 72.3 cm³/mol. The summed E-state index contributed by atoms with van der Waals surface area (Å²) < 4.78 is 0. The van der Waals surface area contributed by atoms with Crippen LogP contribution >= 0.6 is 0 Å². The fourth-order valence-electron chi connectivity index (χ4n) is 2.98. The molecule has 0 aromatic carbocycles. The van der Waals surface area contributed by atoms with Crippen LogP contribution in [-0.2, 0) is 9.59 Å². The minimum absolute atomic E-state index is 0.103. The van der Waals surface area contributed by atoms with Crippen molar-refractivity contribution >= 4 is 11.9 Å². The number of β-amino-alcohol motifs (C(OH)–C–C–N with tert-alkyl or cyclic N) is 1. The summed E-state index contributed by atoms with van der Waals surface area (Å²) in [5.74, 6) is -1.27. The van der Waals surface area contributed by atoms with Crippen molar-refractivity contribution in [1.29, 1.82) is 0 Å². The van der Waals surface area contributed by atoms with Crippen molar-refractivity contribution in [3.63, 3.8) is 0 Å². The molecule has 2 aliphatic rings. The quantitative estimate of drug-likeness (QED) is 0.598. The molecule has 1 amide bonds. The van der Waals surface area contributed by atoms with Gasteiger partial charge in [0.25, 0.3) is 0 Å². The van der Waals surface area contributed by atoms with Crippen molar-refractivity contribution in [2.75, 3.05) is 32.7 Å². The number of carbonyl (C=O) groups excluding carboxylic acids is 1. The van der Waals surface area contributed by atoms with Crippen LogP contribution in [0.2, 0.25) is 0 Å². The van der Waals surface area contributed by atoms with E-state index in [1.54, 1.807) is 0 Å². The first-order valence-electron chi connectivity index (χ1n) is 7.01. The number of carboxylic acid groups (broad SMARTS) is 1. The number of rotatable bonds is 3. The van der Waals surface area contributed by atoms with Gasteiger partial charge in [0.2, 0.25) is 5.91 Å². The van der Waals surface area contributed by atoms with E-state index >= 15 is 0 Å². The number of aliphatic carboxylic acids is 1. The largest absolute Gasteiger partial charge is 0.480 e. The van der Waals surface area contributed by atoms with Gasteiger partial charge < -0.3 is 20.4 Å². The van der Waals surface area contributed by atoms with Crippen LogP contribution < -0.4 is 5.32 Å². The summed E-state index contributed by atoms with van der Waals surface area (Å²) in [6, 6.07) is -0.917. The van der Waals surface area contributed by atoms with Gasteiger partial charge in [-0.25, -0.2) is 4.79 Å².